The second kappa shape index (κ2) is 7.69. The van der Waals surface area contributed by atoms with Crippen LogP contribution in [0.15, 0.2) is 0 Å². The smallest absolute Gasteiger partial charge is 0.465 e. The van der Waals surface area contributed by atoms with E-state index in [1.807, 2.05) is 0 Å². The zero-order valence-corrected chi connectivity index (χ0v) is 15.2. The number of fused-ring (bicyclic) bond motifs is 2. The lowest BCUT2D eigenvalue weighted by molar-refractivity contribution is -0.284. The van der Waals surface area contributed by atoms with E-state index < -0.39 is 79.0 Å². The zero-order valence-electron chi connectivity index (χ0n) is 15.2. The number of amides is 1. The van der Waals surface area contributed by atoms with E-state index in [2.05, 4.69) is 9.47 Å². The van der Waals surface area contributed by atoms with Crippen molar-refractivity contribution in [1.29, 1.82) is 0 Å². The summed E-state index contributed by atoms with van der Waals surface area (Å²) in [5.41, 5.74) is 0. The van der Waals surface area contributed by atoms with Gasteiger partial charge in [0.05, 0.1) is 7.11 Å². The molecular weight excluding hydrogens is 464 g/mol. The largest absolute Gasteiger partial charge is 0.469 e. The fourth-order valence-corrected chi connectivity index (χ4v) is 3.65. The minimum Gasteiger partial charge on any atom is -0.469 e. The summed E-state index contributed by atoms with van der Waals surface area (Å²) in [7, 11) is 0.697. The maximum Gasteiger partial charge on any atom is 0.465 e. The SMILES string of the molecule is COC(=O)C1C(OC(=O)C(F)(F)C(F)(F)F)CC2CCC1N2C(=O)C(F)(F)C(F)(F)F. The molecule has 6 nitrogen and oxygen atoms in total. The molecule has 0 aromatic rings. The van der Waals surface area contributed by atoms with Gasteiger partial charge in [-0.15, -0.1) is 0 Å². The molecule has 4 unspecified atom stereocenters. The molecule has 2 heterocycles. The molecule has 2 rings (SSSR count). The predicted molar refractivity (Wildman–Crippen MR) is 75.7 cm³/mol. The number of methoxy groups -OCH3 is 1. The molecule has 0 spiro atoms. The highest BCUT2D eigenvalue weighted by Gasteiger charge is 2.69. The Morgan fingerprint density at radius 3 is 1.81 bits per heavy atom. The van der Waals surface area contributed by atoms with Gasteiger partial charge in [0.1, 0.15) is 12.0 Å². The first-order valence-corrected chi connectivity index (χ1v) is 8.38. The monoisotopic (exact) mass is 477 g/mol. The number of hydrogen-bond acceptors (Lipinski definition) is 5. The minimum atomic E-state index is -6.35. The number of alkyl halides is 10. The van der Waals surface area contributed by atoms with Crippen molar-refractivity contribution < 1.29 is 67.8 Å². The van der Waals surface area contributed by atoms with Gasteiger partial charge in [0, 0.05) is 18.5 Å². The first-order valence-electron chi connectivity index (χ1n) is 8.38. The van der Waals surface area contributed by atoms with E-state index in [1.54, 1.807) is 0 Å². The van der Waals surface area contributed by atoms with Crippen LogP contribution in [0.2, 0.25) is 0 Å². The molecule has 0 N–H and O–H groups in total. The standard InChI is InChI=1S/C15H13F10NO5/c1-30-9(27)8-6-3-2-5(26(6)10(28)12(16,17)14(20,21)22)4-7(8)31-11(29)13(18,19)15(23,24)25/h5-8H,2-4H2,1H3. The Labute approximate surface area is 166 Å². The summed E-state index contributed by atoms with van der Waals surface area (Å²) in [6.45, 7) is 0. The van der Waals surface area contributed by atoms with Crippen LogP contribution in [0, 0.1) is 5.92 Å². The number of nitrogens with zero attached hydrogens (tertiary/aromatic N) is 1. The van der Waals surface area contributed by atoms with Gasteiger partial charge < -0.3 is 14.4 Å². The van der Waals surface area contributed by atoms with Gasteiger partial charge in [-0.25, -0.2) is 4.79 Å². The minimum absolute atomic E-state index is 0.0291. The van der Waals surface area contributed by atoms with Gasteiger partial charge in [0.2, 0.25) is 0 Å². The molecule has 0 aliphatic carbocycles. The molecule has 0 aromatic heterocycles. The van der Waals surface area contributed by atoms with Crippen molar-refractivity contribution in [2.24, 2.45) is 5.92 Å². The van der Waals surface area contributed by atoms with Gasteiger partial charge in [-0.1, -0.05) is 0 Å². The lowest BCUT2D eigenvalue weighted by atomic mass is 9.86. The second-order valence-corrected chi connectivity index (χ2v) is 6.88. The fourth-order valence-electron chi connectivity index (χ4n) is 3.65. The summed E-state index contributed by atoms with van der Waals surface area (Å²) in [5.74, 6) is -21.2. The maximum atomic E-state index is 13.5. The molecule has 2 aliphatic heterocycles. The highest BCUT2D eigenvalue weighted by Crippen LogP contribution is 2.46. The molecule has 16 heteroatoms. The van der Waals surface area contributed by atoms with E-state index >= 15 is 0 Å². The quantitative estimate of drug-likeness (QED) is 0.460. The number of piperidine rings is 1. The van der Waals surface area contributed by atoms with Gasteiger partial charge in [0.25, 0.3) is 0 Å². The highest BCUT2D eigenvalue weighted by molar-refractivity contribution is 5.87. The van der Waals surface area contributed by atoms with Crippen LogP contribution in [-0.4, -0.2) is 72.2 Å². The number of halogens is 10. The second-order valence-electron chi connectivity index (χ2n) is 6.88. The van der Waals surface area contributed by atoms with Crippen LogP contribution in [0.3, 0.4) is 0 Å². The average molecular weight is 477 g/mol. The molecule has 178 valence electrons. The Hall–Kier alpha value is -2.29. The molecule has 0 saturated carbocycles. The van der Waals surface area contributed by atoms with Crippen molar-refractivity contribution in [3.8, 4) is 0 Å². The summed E-state index contributed by atoms with van der Waals surface area (Å²) in [6, 6.07) is -3.35. The third kappa shape index (κ3) is 4.12. The number of esters is 2. The van der Waals surface area contributed by atoms with E-state index in [4.69, 9.17) is 0 Å². The molecule has 4 atom stereocenters. The third-order valence-electron chi connectivity index (χ3n) is 5.07. The molecule has 2 fully saturated rings. The van der Waals surface area contributed by atoms with Crippen LogP contribution in [0.25, 0.3) is 0 Å². The topological polar surface area (TPSA) is 72.9 Å². The van der Waals surface area contributed by atoms with E-state index in [0.717, 1.165) is 0 Å². The number of carbonyl (C=O) groups excluding carboxylic acids is 3. The molecule has 2 bridgehead atoms. The van der Waals surface area contributed by atoms with Gasteiger partial charge in [-0.05, 0) is 12.8 Å². The first kappa shape index (κ1) is 25.0. The number of hydrogen-bond donors (Lipinski definition) is 0. The van der Waals surface area contributed by atoms with Crippen molar-refractivity contribution in [3.05, 3.63) is 0 Å². The van der Waals surface area contributed by atoms with Crippen molar-refractivity contribution >= 4 is 17.8 Å². The summed E-state index contributed by atoms with van der Waals surface area (Å²) in [5, 5.41) is 0. The van der Waals surface area contributed by atoms with Crippen LogP contribution in [0.5, 0.6) is 0 Å². The Bertz CT molecular complexity index is 749. The van der Waals surface area contributed by atoms with Crippen molar-refractivity contribution in [3.63, 3.8) is 0 Å². The van der Waals surface area contributed by atoms with E-state index in [1.165, 1.54) is 0 Å². The normalized spacial score (nSPS) is 27.1. The van der Waals surface area contributed by atoms with E-state index in [9.17, 15) is 58.3 Å². The highest BCUT2D eigenvalue weighted by atomic mass is 19.4. The first-order chi connectivity index (χ1) is 13.9. The molecule has 2 aliphatic rings. The van der Waals surface area contributed by atoms with E-state index in [-0.39, 0.29) is 11.3 Å². The third-order valence-corrected chi connectivity index (χ3v) is 5.07. The Morgan fingerprint density at radius 1 is 0.839 bits per heavy atom. The Morgan fingerprint density at radius 2 is 1.35 bits per heavy atom. The van der Waals surface area contributed by atoms with Crippen molar-refractivity contribution in [2.45, 2.75) is 61.6 Å². The number of ether oxygens (including phenoxy) is 2. The van der Waals surface area contributed by atoms with Crippen LogP contribution >= 0.6 is 0 Å². The summed E-state index contributed by atoms with van der Waals surface area (Å²) >= 11 is 0. The maximum absolute atomic E-state index is 13.5. The van der Waals surface area contributed by atoms with Crippen LogP contribution in [0.1, 0.15) is 19.3 Å². The average Bonchev–Trinajstić information content (AvgIpc) is 2.92. The zero-order chi connectivity index (χ0) is 24.2. The molecule has 31 heavy (non-hydrogen) atoms. The van der Waals surface area contributed by atoms with Crippen LogP contribution in [0.4, 0.5) is 43.9 Å². The predicted octanol–water partition coefficient (Wildman–Crippen LogP) is 2.85. The lowest BCUT2D eigenvalue weighted by Gasteiger charge is -2.43. The van der Waals surface area contributed by atoms with Crippen molar-refractivity contribution in [2.75, 3.05) is 7.11 Å². The fraction of sp³-hybridized carbons (Fsp3) is 0.800. The van der Waals surface area contributed by atoms with Gasteiger partial charge in [0.15, 0.2) is 0 Å². The Balaban J connectivity index is 2.37. The van der Waals surface area contributed by atoms with Crippen LogP contribution < -0.4 is 0 Å². The number of carbonyl (C=O) groups is 3. The van der Waals surface area contributed by atoms with Gasteiger partial charge in [-0.3, -0.25) is 9.59 Å². The number of rotatable bonds is 4. The Kier molecular flexibility index (Phi) is 6.19. The lowest BCUT2D eigenvalue weighted by Crippen LogP contribution is -2.62. The molecule has 0 aromatic carbocycles. The molecule has 0 radical (unpaired) electrons. The summed E-state index contributed by atoms with van der Waals surface area (Å²) in [6.07, 6.45) is -16.4. The molecular formula is C15H13F10NO5. The summed E-state index contributed by atoms with van der Waals surface area (Å²) < 4.78 is 137. The van der Waals surface area contributed by atoms with Crippen LogP contribution in [-0.2, 0) is 23.9 Å². The van der Waals surface area contributed by atoms with E-state index in [0.29, 0.717) is 7.11 Å². The van der Waals surface area contributed by atoms with Gasteiger partial charge >= 0.3 is 42.0 Å². The summed E-state index contributed by atoms with van der Waals surface area (Å²) in [4.78, 5) is 35.4. The van der Waals surface area contributed by atoms with Crippen molar-refractivity contribution in [1.82, 2.24) is 4.90 Å². The molecule has 2 saturated heterocycles. The van der Waals surface area contributed by atoms with Gasteiger partial charge in [-0.2, -0.15) is 43.9 Å². The molecule has 1 amide bonds.